The molecule has 96 valence electrons. The van der Waals surface area contributed by atoms with Gasteiger partial charge >= 0.3 is 0 Å². The first-order chi connectivity index (χ1) is 8.51. The van der Waals surface area contributed by atoms with E-state index in [4.69, 9.17) is 17.2 Å². The van der Waals surface area contributed by atoms with Gasteiger partial charge in [-0.2, -0.15) is 4.99 Å². The van der Waals surface area contributed by atoms with E-state index >= 15 is 0 Å². The fraction of sp³-hybridized carbons (Fsp3) is 0.182. The van der Waals surface area contributed by atoms with Gasteiger partial charge in [-0.3, -0.25) is 4.79 Å². The molecule has 7 nitrogen and oxygen atoms in total. The van der Waals surface area contributed by atoms with Gasteiger partial charge < -0.3 is 22.5 Å². The first kappa shape index (κ1) is 13.5. The third kappa shape index (κ3) is 4.52. The molecule has 0 saturated carbocycles. The van der Waals surface area contributed by atoms with E-state index in [1.165, 1.54) is 0 Å². The van der Waals surface area contributed by atoms with E-state index in [1.807, 2.05) is 6.07 Å². The number of hydrogen-bond donors (Lipinski definition) is 4. The number of nitrogens with zero attached hydrogens (tertiary/aromatic N) is 2. The predicted octanol–water partition coefficient (Wildman–Crippen LogP) is -0.805. The number of carbonyl (C=O) groups is 1. The molecule has 0 aromatic heterocycles. The summed E-state index contributed by atoms with van der Waals surface area (Å²) in [6.45, 7) is 0. The van der Waals surface area contributed by atoms with E-state index in [-0.39, 0.29) is 24.2 Å². The molecule has 0 unspecified atom stereocenters. The molecule has 0 aliphatic heterocycles. The summed E-state index contributed by atoms with van der Waals surface area (Å²) >= 11 is 0. The topological polar surface area (TPSA) is 132 Å². The smallest absolute Gasteiger partial charge is 0.224 e. The molecule has 0 aliphatic rings. The van der Waals surface area contributed by atoms with Crippen LogP contribution in [-0.4, -0.2) is 24.9 Å². The Labute approximate surface area is 105 Å². The number of nitrogens with one attached hydrogen (secondary N) is 1. The summed E-state index contributed by atoms with van der Waals surface area (Å²) in [5, 5.41) is 2.55. The summed E-state index contributed by atoms with van der Waals surface area (Å²) in [4.78, 5) is 18.8. The Hall–Kier alpha value is -2.57. The lowest BCUT2D eigenvalue weighted by molar-refractivity contribution is -0.119. The van der Waals surface area contributed by atoms with Gasteiger partial charge in [-0.25, -0.2) is 4.99 Å². The van der Waals surface area contributed by atoms with Crippen LogP contribution in [0.1, 0.15) is 5.56 Å². The van der Waals surface area contributed by atoms with Crippen LogP contribution in [0.15, 0.2) is 34.3 Å². The van der Waals surface area contributed by atoms with Crippen molar-refractivity contribution < 1.29 is 4.79 Å². The Morgan fingerprint density at radius 3 is 2.67 bits per heavy atom. The molecule has 0 radical (unpaired) electrons. The Balaban J connectivity index is 2.89. The van der Waals surface area contributed by atoms with Gasteiger partial charge in [-0.05, 0) is 17.7 Å². The van der Waals surface area contributed by atoms with Gasteiger partial charge in [-0.1, -0.05) is 12.1 Å². The highest BCUT2D eigenvalue weighted by atomic mass is 16.1. The lowest BCUT2D eigenvalue weighted by Gasteiger charge is -2.02. The number of likely N-dealkylation sites (N-methyl/N-ethyl adjacent to an activating group) is 1. The second-order valence-corrected chi connectivity index (χ2v) is 3.53. The molecule has 0 spiro atoms. The number of hydrogen-bond acceptors (Lipinski definition) is 2. The van der Waals surface area contributed by atoms with Crippen LogP contribution in [0.25, 0.3) is 0 Å². The zero-order chi connectivity index (χ0) is 13.5. The third-order valence-corrected chi connectivity index (χ3v) is 2.04. The molecule has 1 amide bonds. The first-order valence-corrected chi connectivity index (χ1v) is 5.24. The Morgan fingerprint density at radius 2 is 2.06 bits per heavy atom. The van der Waals surface area contributed by atoms with Crippen molar-refractivity contribution in [3.05, 3.63) is 29.8 Å². The number of aliphatic imine (C=N–C) groups is 2. The molecule has 7 N–H and O–H groups in total. The van der Waals surface area contributed by atoms with E-state index < -0.39 is 0 Å². The average Bonchev–Trinajstić information content (AvgIpc) is 2.28. The highest BCUT2D eigenvalue weighted by Crippen LogP contribution is 2.14. The van der Waals surface area contributed by atoms with Crippen molar-refractivity contribution in [1.82, 2.24) is 5.32 Å². The maximum Gasteiger partial charge on any atom is 0.224 e. The van der Waals surface area contributed by atoms with E-state index in [9.17, 15) is 4.79 Å². The molecule has 0 heterocycles. The lowest BCUT2D eigenvalue weighted by atomic mass is 10.1. The van der Waals surface area contributed by atoms with Crippen LogP contribution in [0.5, 0.6) is 0 Å². The van der Waals surface area contributed by atoms with Gasteiger partial charge in [0.1, 0.15) is 0 Å². The maximum absolute atomic E-state index is 11.2. The number of guanidine groups is 2. The van der Waals surface area contributed by atoms with Crippen molar-refractivity contribution in [2.75, 3.05) is 7.05 Å². The molecule has 1 aromatic rings. The molecule has 0 bridgehead atoms. The van der Waals surface area contributed by atoms with Gasteiger partial charge in [0.25, 0.3) is 0 Å². The van der Waals surface area contributed by atoms with E-state index in [0.717, 1.165) is 5.56 Å². The summed E-state index contributed by atoms with van der Waals surface area (Å²) < 4.78 is 0. The summed E-state index contributed by atoms with van der Waals surface area (Å²) in [7, 11) is 1.58. The number of nitrogens with two attached hydrogens (primary N) is 3. The summed E-state index contributed by atoms with van der Waals surface area (Å²) in [6.07, 6.45) is 0.280. The molecule has 0 saturated heterocycles. The van der Waals surface area contributed by atoms with Gasteiger partial charge in [-0.15, -0.1) is 0 Å². The van der Waals surface area contributed by atoms with Crippen molar-refractivity contribution >= 4 is 23.5 Å². The molecule has 1 rings (SSSR count). The van der Waals surface area contributed by atoms with Gasteiger partial charge in [0, 0.05) is 7.05 Å². The summed E-state index contributed by atoms with van der Waals surface area (Å²) in [6, 6.07) is 7.08. The van der Waals surface area contributed by atoms with Gasteiger partial charge in [0.2, 0.25) is 11.9 Å². The minimum Gasteiger partial charge on any atom is -0.370 e. The van der Waals surface area contributed by atoms with Crippen LogP contribution in [0.4, 0.5) is 5.69 Å². The first-order valence-electron chi connectivity index (χ1n) is 5.24. The molecular weight excluding hydrogens is 232 g/mol. The number of amides is 1. The Kier molecular flexibility index (Phi) is 4.67. The van der Waals surface area contributed by atoms with Crippen LogP contribution in [0.3, 0.4) is 0 Å². The van der Waals surface area contributed by atoms with Gasteiger partial charge in [0.15, 0.2) is 5.96 Å². The van der Waals surface area contributed by atoms with Crippen molar-refractivity contribution in [1.29, 1.82) is 0 Å². The van der Waals surface area contributed by atoms with Crippen LogP contribution < -0.4 is 22.5 Å². The summed E-state index contributed by atoms with van der Waals surface area (Å²) in [5.74, 6) is -0.266. The molecular formula is C11H16N6O. The van der Waals surface area contributed by atoms with E-state index in [2.05, 4.69) is 15.3 Å². The fourth-order valence-corrected chi connectivity index (χ4v) is 1.30. The molecule has 0 fully saturated rings. The predicted molar refractivity (Wildman–Crippen MR) is 71.3 cm³/mol. The van der Waals surface area contributed by atoms with Crippen molar-refractivity contribution in [2.24, 2.45) is 27.2 Å². The highest BCUT2D eigenvalue weighted by molar-refractivity contribution is 5.93. The Morgan fingerprint density at radius 1 is 1.33 bits per heavy atom. The van der Waals surface area contributed by atoms with E-state index in [1.54, 1.807) is 25.2 Å². The average molecular weight is 248 g/mol. The zero-order valence-electron chi connectivity index (χ0n) is 10.1. The van der Waals surface area contributed by atoms with Crippen LogP contribution >= 0.6 is 0 Å². The number of carbonyl (C=O) groups excluding carboxylic acids is 1. The number of rotatable bonds is 3. The van der Waals surface area contributed by atoms with Crippen LogP contribution in [0.2, 0.25) is 0 Å². The second-order valence-electron chi connectivity index (χ2n) is 3.53. The fourth-order valence-electron chi connectivity index (χ4n) is 1.30. The molecule has 18 heavy (non-hydrogen) atoms. The maximum atomic E-state index is 11.2. The normalized spacial score (nSPS) is 10.8. The molecule has 0 aliphatic carbocycles. The minimum atomic E-state index is -0.155. The van der Waals surface area contributed by atoms with Gasteiger partial charge in [0.05, 0.1) is 12.1 Å². The highest BCUT2D eigenvalue weighted by Gasteiger charge is 2.01. The standard InChI is InChI=1S/C11H16N6O/c1-15-9(18)6-7-3-2-4-8(5-7)16-11(14)17-10(12)13/h2-5H,6H2,1H3,(H,15,18)(H6,12,13,14,16,17). The Bertz CT molecular complexity index is 490. The van der Waals surface area contributed by atoms with Crippen molar-refractivity contribution in [2.45, 2.75) is 6.42 Å². The quantitative estimate of drug-likeness (QED) is 0.411. The molecule has 7 heteroatoms. The summed E-state index contributed by atoms with van der Waals surface area (Å²) in [5.41, 5.74) is 17.3. The second kappa shape index (κ2) is 6.24. The van der Waals surface area contributed by atoms with Crippen LogP contribution in [-0.2, 0) is 11.2 Å². The van der Waals surface area contributed by atoms with Crippen molar-refractivity contribution in [3.8, 4) is 0 Å². The minimum absolute atomic E-state index is 0.0351. The monoisotopic (exact) mass is 248 g/mol. The molecule has 1 aromatic carbocycles. The van der Waals surface area contributed by atoms with Crippen molar-refractivity contribution in [3.63, 3.8) is 0 Å². The number of benzene rings is 1. The SMILES string of the molecule is CNC(=O)Cc1cccc(N=C(N)N=C(N)N)c1. The zero-order valence-corrected chi connectivity index (χ0v) is 10.1. The largest absolute Gasteiger partial charge is 0.370 e. The lowest BCUT2D eigenvalue weighted by Crippen LogP contribution is -2.26. The van der Waals surface area contributed by atoms with E-state index in [0.29, 0.717) is 5.69 Å². The molecule has 0 atom stereocenters. The third-order valence-electron chi connectivity index (χ3n) is 2.04. The van der Waals surface area contributed by atoms with Crippen LogP contribution in [0, 0.1) is 0 Å².